The lowest BCUT2D eigenvalue weighted by molar-refractivity contribution is -0.164. The summed E-state index contributed by atoms with van der Waals surface area (Å²) in [7, 11) is 0. The van der Waals surface area contributed by atoms with Gasteiger partial charge in [-0.15, -0.1) is 0 Å². The topological polar surface area (TPSA) is 106 Å². The number of carbonyl (C=O) groups is 3. The number of carboxylic acid groups (broad SMARTS) is 1. The third kappa shape index (κ3) is 3.53. The average Bonchev–Trinajstić information content (AvgIpc) is 2.38. The maximum absolute atomic E-state index is 12.0. The molecule has 0 aliphatic carbocycles. The summed E-state index contributed by atoms with van der Waals surface area (Å²) in [4.78, 5) is 38.7. The van der Waals surface area contributed by atoms with E-state index in [9.17, 15) is 19.5 Å². The predicted octanol–water partition coefficient (Wildman–Crippen LogP) is 0.147. The highest BCUT2D eigenvalue weighted by atomic mass is 16.5. The lowest BCUT2D eigenvalue weighted by atomic mass is 9.91. The molecule has 1 aromatic heterocycles. The Balaban J connectivity index is 3.18. The standard InChI is InChI=1S/C13H16N2O5/c1-3-20-12(19)13(11(17)18,15-9(2)16)7-10-5-4-6-14-8-10/h4-6,8H,3,7H2,1-2H3,(H,15,16)(H,17,18)/t13-/m1/s1. The highest BCUT2D eigenvalue weighted by molar-refractivity contribution is 6.07. The summed E-state index contributed by atoms with van der Waals surface area (Å²) in [6, 6.07) is 3.23. The lowest BCUT2D eigenvalue weighted by Crippen LogP contribution is -2.61. The molecular weight excluding hydrogens is 264 g/mol. The van der Waals surface area contributed by atoms with Crippen LogP contribution in [0.3, 0.4) is 0 Å². The van der Waals surface area contributed by atoms with Crippen molar-refractivity contribution in [3.8, 4) is 0 Å². The zero-order valence-electron chi connectivity index (χ0n) is 11.3. The number of rotatable bonds is 6. The van der Waals surface area contributed by atoms with Crippen LogP contribution in [-0.4, -0.2) is 40.1 Å². The van der Waals surface area contributed by atoms with Crippen LogP contribution in [0.1, 0.15) is 19.4 Å². The number of aliphatic carboxylic acids is 1. The molecule has 20 heavy (non-hydrogen) atoms. The van der Waals surface area contributed by atoms with Crippen LogP contribution in [0.25, 0.3) is 0 Å². The number of ether oxygens (including phenoxy) is 1. The highest BCUT2D eigenvalue weighted by Gasteiger charge is 2.49. The number of carbonyl (C=O) groups excluding carboxylic acids is 2. The van der Waals surface area contributed by atoms with Gasteiger partial charge in [-0.05, 0) is 18.6 Å². The van der Waals surface area contributed by atoms with Crippen molar-refractivity contribution in [2.24, 2.45) is 0 Å². The van der Waals surface area contributed by atoms with Gasteiger partial charge in [0.05, 0.1) is 6.61 Å². The maximum Gasteiger partial charge on any atom is 0.344 e. The summed E-state index contributed by atoms with van der Waals surface area (Å²) in [5.74, 6) is -3.12. The minimum absolute atomic E-state index is 0.0144. The minimum Gasteiger partial charge on any atom is -0.479 e. The fourth-order valence-corrected chi connectivity index (χ4v) is 1.75. The van der Waals surface area contributed by atoms with E-state index in [0.29, 0.717) is 5.56 Å². The first-order chi connectivity index (χ1) is 9.42. The summed E-state index contributed by atoms with van der Waals surface area (Å²) in [6.45, 7) is 2.71. The Hall–Kier alpha value is -2.44. The summed E-state index contributed by atoms with van der Waals surface area (Å²) in [5, 5.41) is 11.6. The van der Waals surface area contributed by atoms with Crippen LogP contribution in [0.4, 0.5) is 0 Å². The molecule has 0 spiro atoms. The van der Waals surface area contributed by atoms with E-state index in [2.05, 4.69) is 10.3 Å². The normalized spacial score (nSPS) is 13.1. The summed E-state index contributed by atoms with van der Waals surface area (Å²) in [5.41, 5.74) is -1.65. The molecule has 7 heteroatoms. The van der Waals surface area contributed by atoms with Gasteiger partial charge in [0.1, 0.15) is 0 Å². The molecule has 108 valence electrons. The van der Waals surface area contributed by atoms with Crippen molar-refractivity contribution in [2.45, 2.75) is 25.8 Å². The highest BCUT2D eigenvalue weighted by Crippen LogP contribution is 2.16. The number of nitrogens with zero attached hydrogens (tertiary/aromatic N) is 1. The van der Waals surface area contributed by atoms with Gasteiger partial charge in [-0.25, -0.2) is 9.59 Å². The largest absolute Gasteiger partial charge is 0.479 e. The van der Waals surface area contributed by atoms with Gasteiger partial charge >= 0.3 is 11.9 Å². The maximum atomic E-state index is 12.0. The summed E-state index contributed by atoms with van der Waals surface area (Å²) >= 11 is 0. The zero-order valence-corrected chi connectivity index (χ0v) is 11.3. The Morgan fingerprint density at radius 1 is 1.45 bits per heavy atom. The number of carboxylic acids is 1. The Kier molecular flexibility index (Phi) is 5.19. The number of hydrogen-bond donors (Lipinski definition) is 2. The second kappa shape index (κ2) is 6.65. The van der Waals surface area contributed by atoms with Crippen molar-refractivity contribution in [3.63, 3.8) is 0 Å². The lowest BCUT2D eigenvalue weighted by Gasteiger charge is -2.27. The summed E-state index contributed by atoms with van der Waals surface area (Å²) in [6.07, 6.45) is 2.71. The molecule has 0 fully saturated rings. The van der Waals surface area contributed by atoms with Crippen LogP contribution < -0.4 is 5.32 Å². The van der Waals surface area contributed by atoms with E-state index >= 15 is 0 Å². The predicted molar refractivity (Wildman–Crippen MR) is 68.8 cm³/mol. The minimum atomic E-state index is -2.15. The number of nitrogens with one attached hydrogen (secondary N) is 1. The Morgan fingerprint density at radius 2 is 2.15 bits per heavy atom. The third-order valence-corrected chi connectivity index (χ3v) is 2.57. The van der Waals surface area contributed by atoms with Gasteiger partial charge in [0.25, 0.3) is 0 Å². The van der Waals surface area contributed by atoms with Crippen molar-refractivity contribution in [1.82, 2.24) is 10.3 Å². The molecule has 7 nitrogen and oxygen atoms in total. The third-order valence-electron chi connectivity index (χ3n) is 2.57. The van der Waals surface area contributed by atoms with E-state index in [1.807, 2.05) is 0 Å². The molecule has 0 unspecified atom stereocenters. The average molecular weight is 280 g/mol. The van der Waals surface area contributed by atoms with E-state index in [1.54, 1.807) is 19.1 Å². The van der Waals surface area contributed by atoms with Crippen molar-refractivity contribution >= 4 is 17.8 Å². The van der Waals surface area contributed by atoms with Crippen molar-refractivity contribution in [1.29, 1.82) is 0 Å². The molecule has 0 aromatic carbocycles. The van der Waals surface area contributed by atoms with Crippen LogP contribution in [0.15, 0.2) is 24.5 Å². The molecule has 0 saturated heterocycles. The van der Waals surface area contributed by atoms with Crippen LogP contribution in [0, 0.1) is 0 Å². The molecular formula is C13H16N2O5. The monoisotopic (exact) mass is 280 g/mol. The Labute approximate surface area is 116 Å². The zero-order chi connectivity index (χ0) is 15.2. The quantitative estimate of drug-likeness (QED) is 0.567. The van der Waals surface area contributed by atoms with Gasteiger partial charge in [0, 0.05) is 25.7 Å². The molecule has 0 aliphatic rings. The summed E-state index contributed by atoms with van der Waals surface area (Å²) < 4.78 is 4.79. The van der Waals surface area contributed by atoms with Gasteiger partial charge in [-0.1, -0.05) is 6.07 Å². The first kappa shape index (κ1) is 15.6. The molecule has 0 bridgehead atoms. The number of esters is 1. The van der Waals surface area contributed by atoms with Gasteiger partial charge < -0.3 is 15.2 Å². The van der Waals surface area contributed by atoms with Crippen molar-refractivity contribution in [2.75, 3.05) is 6.61 Å². The first-order valence-corrected chi connectivity index (χ1v) is 6.00. The second-order valence-corrected chi connectivity index (χ2v) is 4.15. The molecule has 0 radical (unpaired) electrons. The van der Waals surface area contributed by atoms with Crippen molar-refractivity contribution < 1.29 is 24.2 Å². The second-order valence-electron chi connectivity index (χ2n) is 4.15. The molecule has 0 aliphatic heterocycles. The van der Waals surface area contributed by atoms with E-state index in [4.69, 9.17) is 4.74 Å². The van der Waals surface area contributed by atoms with Crippen LogP contribution in [0.5, 0.6) is 0 Å². The molecule has 1 aromatic rings. The van der Waals surface area contributed by atoms with Crippen LogP contribution >= 0.6 is 0 Å². The van der Waals surface area contributed by atoms with Crippen LogP contribution in [0.2, 0.25) is 0 Å². The first-order valence-electron chi connectivity index (χ1n) is 6.00. The fourth-order valence-electron chi connectivity index (χ4n) is 1.75. The fraction of sp³-hybridized carbons (Fsp3) is 0.385. The number of hydrogen-bond acceptors (Lipinski definition) is 5. The number of aromatic nitrogens is 1. The van der Waals surface area contributed by atoms with Gasteiger partial charge in [0.15, 0.2) is 0 Å². The molecule has 0 saturated carbocycles. The van der Waals surface area contributed by atoms with E-state index in [0.717, 1.165) is 6.92 Å². The molecule has 2 N–H and O–H groups in total. The van der Waals surface area contributed by atoms with Crippen molar-refractivity contribution in [3.05, 3.63) is 30.1 Å². The molecule has 1 heterocycles. The number of amides is 1. The molecule has 1 rings (SSSR count). The smallest absolute Gasteiger partial charge is 0.344 e. The van der Waals surface area contributed by atoms with Crippen LogP contribution in [-0.2, 0) is 25.5 Å². The SMILES string of the molecule is CCOC(=O)[C@](Cc1cccnc1)(NC(C)=O)C(=O)O. The van der Waals surface area contributed by atoms with E-state index < -0.39 is 23.4 Å². The van der Waals surface area contributed by atoms with Gasteiger partial charge in [-0.3, -0.25) is 9.78 Å². The Bertz CT molecular complexity index is 503. The Morgan fingerprint density at radius 3 is 2.60 bits per heavy atom. The number of pyridine rings is 1. The van der Waals surface area contributed by atoms with E-state index in [1.165, 1.54) is 12.4 Å². The van der Waals surface area contributed by atoms with Gasteiger partial charge in [-0.2, -0.15) is 0 Å². The van der Waals surface area contributed by atoms with Gasteiger partial charge in [0.2, 0.25) is 11.4 Å². The molecule has 1 atom stereocenters. The van der Waals surface area contributed by atoms with E-state index in [-0.39, 0.29) is 13.0 Å². The molecule has 1 amide bonds.